The average molecular weight is 324 g/mol. The largest absolute Gasteiger partial charge is 0.396 e. The molecule has 23 heavy (non-hydrogen) atoms. The Kier molecular flexibility index (Phi) is 5.47. The highest BCUT2D eigenvalue weighted by Gasteiger charge is 2.47. The van der Waals surface area contributed by atoms with Crippen LogP contribution in [-0.2, 0) is 4.74 Å². The molecule has 3 rings (SSSR count). The van der Waals surface area contributed by atoms with Gasteiger partial charge in [0.1, 0.15) is 0 Å². The number of aliphatic hydroxyl groups excluding tert-OH is 1. The number of urea groups is 1. The molecule has 5 heteroatoms. The van der Waals surface area contributed by atoms with E-state index >= 15 is 0 Å². The molecule has 1 saturated heterocycles. The summed E-state index contributed by atoms with van der Waals surface area (Å²) in [5, 5.41) is 15.8. The van der Waals surface area contributed by atoms with Crippen LogP contribution in [0.5, 0.6) is 0 Å². The molecule has 0 radical (unpaired) electrons. The summed E-state index contributed by atoms with van der Waals surface area (Å²) in [4.78, 5) is 12.3. The van der Waals surface area contributed by atoms with Crippen LogP contribution in [0.3, 0.4) is 0 Å². The molecule has 3 fully saturated rings. The van der Waals surface area contributed by atoms with Crippen LogP contribution in [-0.4, -0.2) is 43.0 Å². The van der Waals surface area contributed by atoms with Gasteiger partial charge in [0.2, 0.25) is 0 Å². The molecule has 132 valence electrons. The summed E-state index contributed by atoms with van der Waals surface area (Å²) in [6.45, 7) is 6.08. The maximum absolute atomic E-state index is 12.3. The molecule has 1 heterocycles. The Morgan fingerprint density at radius 2 is 2.04 bits per heavy atom. The van der Waals surface area contributed by atoms with Crippen LogP contribution in [0.25, 0.3) is 0 Å². The molecule has 3 aliphatic rings. The van der Waals surface area contributed by atoms with Gasteiger partial charge in [0, 0.05) is 37.6 Å². The van der Waals surface area contributed by atoms with Gasteiger partial charge in [0.25, 0.3) is 0 Å². The molecule has 2 aliphatic carbocycles. The summed E-state index contributed by atoms with van der Waals surface area (Å²) in [6.07, 6.45) is 6.02. The number of rotatable bonds is 5. The zero-order valence-electron chi connectivity index (χ0n) is 14.5. The Hall–Kier alpha value is -0.810. The van der Waals surface area contributed by atoms with Crippen molar-refractivity contribution in [2.75, 3.05) is 19.8 Å². The van der Waals surface area contributed by atoms with E-state index in [0.717, 1.165) is 19.4 Å². The third-order valence-electron chi connectivity index (χ3n) is 6.27. The summed E-state index contributed by atoms with van der Waals surface area (Å²) < 4.78 is 5.89. The first-order valence-electron chi connectivity index (χ1n) is 9.37. The first kappa shape index (κ1) is 17.0. The Balaban J connectivity index is 1.48. The number of hydrogen-bond donors (Lipinski definition) is 3. The van der Waals surface area contributed by atoms with Crippen molar-refractivity contribution >= 4 is 6.03 Å². The molecule has 6 unspecified atom stereocenters. The number of ether oxygens (including phenoxy) is 1. The summed E-state index contributed by atoms with van der Waals surface area (Å²) in [5.74, 6) is 2.30. The Bertz CT molecular complexity index is 415. The van der Waals surface area contributed by atoms with Crippen molar-refractivity contribution in [3.05, 3.63) is 0 Å². The number of hydrogen-bond acceptors (Lipinski definition) is 3. The van der Waals surface area contributed by atoms with Crippen molar-refractivity contribution in [1.82, 2.24) is 10.6 Å². The van der Waals surface area contributed by atoms with Crippen molar-refractivity contribution < 1.29 is 14.6 Å². The van der Waals surface area contributed by atoms with E-state index < -0.39 is 0 Å². The Morgan fingerprint density at radius 3 is 2.78 bits per heavy atom. The van der Waals surface area contributed by atoms with Gasteiger partial charge in [-0.05, 0) is 49.9 Å². The fourth-order valence-electron chi connectivity index (χ4n) is 5.14. The summed E-state index contributed by atoms with van der Waals surface area (Å²) in [5.41, 5.74) is 0. The summed E-state index contributed by atoms with van der Waals surface area (Å²) in [6, 6.07) is 0.0799. The molecule has 1 aliphatic heterocycles. The van der Waals surface area contributed by atoms with Crippen LogP contribution >= 0.6 is 0 Å². The topological polar surface area (TPSA) is 70.6 Å². The molecule has 2 amide bonds. The highest BCUT2D eigenvalue weighted by Crippen LogP contribution is 2.48. The van der Waals surface area contributed by atoms with Gasteiger partial charge in [-0.2, -0.15) is 0 Å². The molecule has 3 N–H and O–H groups in total. The lowest BCUT2D eigenvalue weighted by Crippen LogP contribution is -2.51. The number of nitrogens with one attached hydrogen (secondary N) is 2. The Labute approximate surface area is 139 Å². The van der Waals surface area contributed by atoms with Crippen LogP contribution in [0, 0.1) is 29.6 Å². The molecule has 2 saturated carbocycles. The molecule has 2 bridgehead atoms. The molecule has 0 aromatic rings. The van der Waals surface area contributed by atoms with E-state index in [1.165, 1.54) is 19.3 Å². The van der Waals surface area contributed by atoms with Gasteiger partial charge in [-0.1, -0.05) is 13.8 Å². The van der Waals surface area contributed by atoms with E-state index in [9.17, 15) is 9.90 Å². The predicted molar refractivity (Wildman–Crippen MR) is 89.0 cm³/mol. The van der Waals surface area contributed by atoms with Crippen molar-refractivity contribution in [1.29, 1.82) is 0 Å². The van der Waals surface area contributed by atoms with Crippen molar-refractivity contribution in [3.8, 4) is 0 Å². The number of fused-ring (bicyclic) bond motifs is 2. The lowest BCUT2D eigenvalue weighted by atomic mass is 9.85. The smallest absolute Gasteiger partial charge is 0.315 e. The number of amides is 2. The molecule has 0 spiro atoms. The van der Waals surface area contributed by atoms with E-state index in [1.54, 1.807) is 0 Å². The first-order valence-corrected chi connectivity index (χ1v) is 9.37. The zero-order valence-corrected chi connectivity index (χ0v) is 14.5. The van der Waals surface area contributed by atoms with E-state index in [2.05, 4.69) is 24.5 Å². The molecule has 0 aromatic heterocycles. The summed E-state index contributed by atoms with van der Waals surface area (Å²) in [7, 11) is 0. The van der Waals surface area contributed by atoms with E-state index in [4.69, 9.17) is 4.74 Å². The van der Waals surface area contributed by atoms with Gasteiger partial charge in [-0.15, -0.1) is 0 Å². The third kappa shape index (κ3) is 3.66. The highest BCUT2D eigenvalue weighted by molar-refractivity contribution is 5.74. The SMILES string of the molecule is CC(C)C1OCCCC1CNC(=O)NC1C2CCC(C2)C1CO. The molecule has 6 atom stereocenters. The van der Waals surface area contributed by atoms with Crippen molar-refractivity contribution in [2.45, 2.75) is 58.1 Å². The summed E-state index contributed by atoms with van der Waals surface area (Å²) >= 11 is 0. The second-order valence-corrected chi connectivity index (χ2v) is 8.04. The molecule has 0 aromatic carbocycles. The van der Waals surface area contributed by atoms with Gasteiger partial charge in [-0.3, -0.25) is 0 Å². The maximum Gasteiger partial charge on any atom is 0.315 e. The van der Waals surface area contributed by atoms with Gasteiger partial charge in [0.15, 0.2) is 0 Å². The fraction of sp³-hybridized carbons (Fsp3) is 0.944. The third-order valence-corrected chi connectivity index (χ3v) is 6.27. The minimum Gasteiger partial charge on any atom is -0.396 e. The average Bonchev–Trinajstić information content (AvgIpc) is 3.14. The van der Waals surface area contributed by atoms with Gasteiger partial charge in [-0.25, -0.2) is 4.79 Å². The van der Waals surface area contributed by atoms with Gasteiger partial charge < -0.3 is 20.5 Å². The number of carbonyl (C=O) groups is 1. The molecule has 5 nitrogen and oxygen atoms in total. The second kappa shape index (κ2) is 7.39. The van der Waals surface area contributed by atoms with E-state index in [0.29, 0.717) is 30.2 Å². The van der Waals surface area contributed by atoms with Gasteiger partial charge >= 0.3 is 6.03 Å². The second-order valence-electron chi connectivity index (χ2n) is 8.04. The van der Waals surface area contributed by atoms with Crippen LogP contribution in [0.1, 0.15) is 46.0 Å². The minimum atomic E-state index is -0.0749. The van der Waals surface area contributed by atoms with Crippen molar-refractivity contribution in [3.63, 3.8) is 0 Å². The highest BCUT2D eigenvalue weighted by atomic mass is 16.5. The van der Waals surface area contributed by atoms with Crippen LogP contribution in [0.4, 0.5) is 4.79 Å². The number of carbonyl (C=O) groups excluding carboxylic acids is 1. The van der Waals surface area contributed by atoms with Crippen molar-refractivity contribution in [2.24, 2.45) is 29.6 Å². The standard InChI is InChI=1S/C18H32N2O3/c1-11(2)17-14(4-3-7-23-17)9-19-18(22)20-16-13-6-5-12(8-13)15(16)10-21/h11-17,21H,3-10H2,1-2H3,(H2,19,20,22). The molecular formula is C18H32N2O3. The quantitative estimate of drug-likeness (QED) is 0.726. The lowest BCUT2D eigenvalue weighted by Gasteiger charge is -2.35. The first-order chi connectivity index (χ1) is 11.1. The monoisotopic (exact) mass is 324 g/mol. The van der Waals surface area contributed by atoms with Gasteiger partial charge in [0.05, 0.1) is 6.10 Å². The Morgan fingerprint density at radius 1 is 1.26 bits per heavy atom. The van der Waals surface area contributed by atoms with Crippen LogP contribution in [0.2, 0.25) is 0 Å². The van der Waals surface area contributed by atoms with Crippen LogP contribution < -0.4 is 10.6 Å². The minimum absolute atomic E-state index is 0.0749. The maximum atomic E-state index is 12.3. The predicted octanol–water partition coefficient (Wildman–Crippen LogP) is 2.14. The fourth-order valence-corrected chi connectivity index (χ4v) is 5.14. The zero-order chi connectivity index (χ0) is 16.4. The van der Waals surface area contributed by atoms with Crippen LogP contribution in [0.15, 0.2) is 0 Å². The molecular weight excluding hydrogens is 292 g/mol. The van der Waals surface area contributed by atoms with E-state index in [-0.39, 0.29) is 30.7 Å². The lowest BCUT2D eigenvalue weighted by molar-refractivity contribution is -0.0508. The van der Waals surface area contributed by atoms with E-state index in [1.807, 2.05) is 0 Å². The number of aliphatic hydroxyl groups is 1. The normalized spacial score (nSPS) is 39.7.